The zero-order valence-electron chi connectivity index (χ0n) is 8.96. The summed E-state index contributed by atoms with van der Waals surface area (Å²) in [5.41, 5.74) is -4.26. The smallest absolute Gasteiger partial charge is 0.446 e. The van der Waals surface area contributed by atoms with Gasteiger partial charge in [-0.3, -0.25) is 0 Å². The molecule has 1 N–H and O–H groups in total. The second-order valence-electron chi connectivity index (χ2n) is 3.76. The van der Waals surface area contributed by atoms with Crippen molar-refractivity contribution in [1.82, 2.24) is 5.32 Å². The summed E-state index contributed by atoms with van der Waals surface area (Å²) in [6, 6.07) is 6.11. The van der Waals surface area contributed by atoms with Crippen LogP contribution in [-0.4, -0.2) is 24.7 Å². The van der Waals surface area contributed by atoms with Crippen LogP contribution in [0.4, 0.5) is 13.2 Å². The second kappa shape index (κ2) is 5.18. The van der Waals surface area contributed by atoms with Crippen LogP contribution < -0.4 is 10.1 Å². The molecule has 0 spiro atoms. The van der Waals surface area contributed by atoms with Crippen molar-refractivity contribution in [3.05, 3.63) is 24.3 Å². The number of ether oxygens (including phenoxy) is 1. The van der Waals surface area contributed by atoms with Gasteiger partial charge in [-0.05, 0) is 42.9 Å². The first-order chi connectivity index (χ1) is 8.03. The summed E-state index contributed by atoms with van der Waals surface area (Å²) >= 11 is -0.123. The van der Waals surface area contributed by atoms with E-state index in [1.54, 1.807) is 12.1 Å². The van der Waals surface area contributed by atoms with Crippen LogP contribution in [0.5, 0.6) is 5.75 Å². The second-order valence-corrected chi connectivity index (χ2v) is 4.89. The van der Waals surface area contributed by atoms with Crippen molar-refractivity contribution >= 4 is 11.8 Å². The number of hydrogen-bond acceptors (Lipinski definition) is 3. The molecule has 1 aromatic carbocycles. The van der Waals surface area contributed by atoms with E-state index >= 15 is 0 Å². The van der Waals surface area contributed by atoms with E-state index in [9.17, 15) is 13.2 Å². The Bertz CT molecular complexity index is 377. The van der Waals surface area contributed by atoms with Crippen molar-refractivity contribution in [2.75, 3.05) is 13.1 Å². The lowest BCUT2D eigenvalue weighted by Gasteiger charge is -2.13. The van der Waals surface area contributed by atoms with Gasteiger partial charge in [0.15, 0.2) is 0 Å². The summed E-state index contributed by atoms with van der Waals surface area (Å²) in [5.74, 6) is 0.493. The van der Waals surface area contributed by atoms with Gasteiger partial charge in [0.05, 0.1) is 0 Å². The summed E-state index contributed by atoms with van der Waals surface area (Å²) < 4.78 is 42.2. The van der Waals surface area contributed by atoms with E-state index in [4.69, 9.17) is 4.74 Å². The highest BCUT2D eigenvalue weighted by atomic mass is 32.2. The summed E-state index contributed by atoms with van der Waals surface area (Å²) in [4.78, 5) is 0.154. The molecular weight excluding hydrogens is 251 g/mol. The van der Waals surface area contributed by atoms with Crippen molar-refractivity contribution < 1.29 is 17.9 Å². The normalized spacial score (nSPS) is 20.5. The largest absolute Gasteiger partial charge is 0.489 e. The number of thioether (sulfide) groups is 1. The highest BCUT2D eigenvalue weighted by Crippen LogP contribution is 2.38. The van der Waals surface area contributed by atoms with Crippen LogP contribution >= 0.6 is 11.8 Å². The van der Waals surface area contributed by atoms with Gasteiger partial charge in [-0.25, -0.2) is 0 Å². The Kier molecular flexibility index (Phi) is 3.83. The molecular formula is C11H12F3NOS. The van der Waals surface area contributed by atoms with Crippen LogP contribution in [-0.2, 0) is 0 Å². The minimum absolute atomic E-state index is 0.0566. The average Bonchev–Trinajstić information content (AvgIpc) is 2.68. The predicted octanol–water partition coefficient (Wildman–Crippen LogP) is 3.04. The molecule has 0 amide bonds. The van der Waals surface area contributed by atoms with Gasteiger partial charge < -0.3 is 10.1 Å². The molecule has 2 rings (SSSR count). The summed E-state index contributed by atoms with van der Waals surface area (Å²) in [6.07, 6.45) is 0.942. The molecule has 0 bridgehead atoms. The molecule has 2 nitrogen and oxygen atoms in total. The number of hydrogen-bond donors (Lipinski definition) is 1. The van der Waals surface area contributed by atoms with Gasteiger partial charge in [0, 0.05) is 11.4 Å². The predicted molar refractivity (Wildman–Crippen MR) is 60.3 cm³/mol. The summed E-state index contributed by atoms with van der Waals surface area (Å²) in [7, 11) is 0. The van der Waals surface area contributed by atoms with Crippen LogP contribution in [0.3, 0.4) is 0 Å². The van der Waals surface area contributed by atoms with Gasteiger partial charge in [-0.1, -0.05) is 6.07 Å². The molecule has 1 aliphatic rings. The molecule has 94 valence electrons. The van der Waals surface area contributed by atoms with E-state index in [-0.39, 0.29) is 22.8 Å². The lowest BCUT2D eigenvalue weighted by molar-refractivity contribution is -0.0328. The zero-order chi connectivity index (χ0) is 12.3. The van der Waals surface area contributed by atoms with E-state index < -0.39 is 5.51 Å². The highest BCUT2D eigenvalue weighted by Gasteiger charge is 2.29. The minimum Gasteiger partial charge on any atom is -0.489 e. The maximum atomic E-state index is 12.2. The van der Waals surface area contributed by atoms with Crippen LogP contribution in [0, 0.1) is 0 Å². The lowest BCUT2D eigenvalue weighted by Crippen LogP contribution is -2.19. The van der Waals surface area contributed by atoms with Gasteiger partial charge in [-0.15, -0.1) is 0 Å². The number of halogens is 3. The van der Waals surface area contributed by atoms with E-state index in [2.05, 4.69) is 5.32 Å². The monoisotopic (exact) mass is 263 g/mol. The summed E-state index contributed by atoms with van der Waals surface area (Å²) in [6.45, 7) is 1.64. The van der Waals surface area contributed by atoms with Crippen LogP contribution in [0.1, 0.15) is 6.42 Å². The fourth-order valence-electron chi connectivity index (χ4n) is 1.67. The number of nitrogens with one attached hydrogen (secondary N) is 1. The first kappa shape index (κ1) is 12.6. The molecule has 1 atom stereocenters. The average molecular weight is 263 g/mol. The maximum Gasteiger partial charge on any atom is 0.446 e. The minimum atomic E-state index is -4.26. The molecule has 17 heavy (non-hydrogen) atoms. The SMILES string of the molecule is FC(F)(F)Sc1cccc(OC2CCNC2)c1. The van der Waals surface area contributed by atoms with Crippen molar-refractivity contribution in [2.24, 2.45) is 0 Å². The summed E-state index contributed by atoms with van der Waals surface area (Å²) in [5, 5.41) is 3.14. The highest BCUT2D eigenvalue weighted by molar-refractivity contribution is 8.00. The quantitative estimate of drug-likeness (QED) is 0.847. The zero-order valence-corrected chi connectivity index (χ0v) is 9.77. The van der Waals surface area contributed by atoms with Gasteiger partial charge in [-0.2, -0.15) is 13.2 Å². The fraction of sp³-hybridized carbons (Fsp3) is 0.455. The lowest BCUT2D eigenvalue weighted by atomic mass is 10.3. The Hall–Kier alpha value is -0.880. The Morgan fingerprint density at radius 1 is 1.35 bits per heavy atom. The molecule has 1 aliphatic heterocycles. The Morgan fingerprint density at radius 2 is 2.18 bits per heavy atom. The third kappa shape index (κ3) is 4.12. The molecule has 0 aromatic heterocycles. The van der Waals surface area contributed by atoms with Gasteiger partial charge in [0.2, 0.25) is 0 Å². The standard InChI is InChI=1S/C11H12F3NOS/c12-11(13,14)17-10-3-1-2-8(6-10)16-9-4-5-15-7-9/h1-3,6,9,15H,4-5,7H2. The maximum absolute atomic E-state index is 12.2. The van der Waals surface area contributed by atoms with Crippen molar-refractivity contribution in [3.63, 3.8) is 0 Å². The van der Waals surface area contributed by atoms with E-state index in [1.165, 1.54) is 12.1 Å². The van der Waals surface area contributed by atoms with E-state index in [0.29, 0.717) is 5.75 Å². The molecule has 0 aliphatic carbocycles. The Balaban J connectivity index is 2.00. The number of alkyl halides is 3. The first-order valence-corrected chi connectivity index (χ1v) is 6.08. The molecule has 6 heteroatoms. The Labute approximate surface area is 102 Å². The van der Waals surface area contributed by atoms with E-state index in [0.717, 1.165) is 19.5 Å². The number of benzene rings is 1. The Morgan fingerprint density at radius 3 is 2.82 bits per heavy atom. The third-order valence-corrected chi connectivity index (χ3v) is 3.08. The van der Waals surface area contributed by atoms with Crippen LogP contribution in [0.2, 0.25) is 0 Å². The molecule has 1 aromatic rings. The topological polar surface area (TPSA) is 21.3 Å². The number of rotatable bonds is 3. The molecule has 0 saturated carbocycles. The molecule has 1 saturated heterocycles. The van der Waals surface area contributed by atoms with Crippen LogP contribution in [0.25, 0.3) is 0 Å². The molecule has 1 fully saturated rings. The van der Waals surface area contributed by atoms with Gasteiger partial charge in [0.25, 0.3) is 0 Å². The molecule has 1 heterocycles. The third-order valence-electron chi connectivity index (χ3n) is 2.36. The van der Waals surface area contributed by atoms with Crippen molar-refractivity contribution in [3.8, 4) is 5.75 Å². The first-order valence-electron chi connectivity index (χ1n) is 5.26. The molecule has 1 unspecified atom stereocenters. The van der Waals surface area contributed by atoms with Crippen molar-refractivity contribution in [2.45, 2.75) is 22.9 Å². The fourth-order valence-corrected chi connectivity index (χ4v) is 2.25. The van der Waals surface area contributed by atoms with Gasteiger partial charge in [0.1, 0.15) is 11.9 Å². The molecule has 0 radical (unpaired) electrons. The van der Waals surface area contributed by atoms with Gasteiger partial charge >= 0.3 is 5.51 Å². The van der Waals surface area contributed by atoms with Crippen molar-refractivity contribution in [1.29, 1.82) is 0 Å². The van der Waals surface area contributed by atoms with E-state index in [1.807, 2.05) is 0 Å². The van der Waals surface area contributed by atoms with Crippen LogP contribution in [0.15, 0.2) is 29.2 Å².